The van der Waals surface area contributed by atoms with Crippen LogP contribution in [0, 0.1) is 0 Å². The lowest BCUT2D eigenvalue weighted by Crippen LogP contribution is -2.26. The molecule has 0 unspecified atom stereocenters. The number of anilines is 1. The first kappa shape index (κ1) is 22.9. The van der Waals surface area contributed by atoms with Crippen LogP contribution in [-0.2, 0) is 19.9 Å². The highest BCUT2D eigenvalue weighted by Gasteiger charge is 2.30. The fraction of sp³-hybridized carbons (Fsp3) is 0.321. The number of carboxylic acid groups (broad SMARTS) is 1. The molecule has 7 nitrogen and oxygen atoms in total. The highest BCUT2D eigenvalue weighted by Crippen LogP contribution is 2.38. The second-order valence-corrected chi connectivity index (χ2v) is 9.06. The highest BCUT2D eigenvalue weighted by molar-refractivity contribution is 5.88. The minimum Gasteiger partial charge on any atom is -0.496 e. The summed E-state index contributed by atoms with van der Waals surface area (Å²) in [4.78, 5) is 23.4. The van der Waals surface area contributed by atoms with E-state index in [2.05, 4.69) is 52.0 Å². The van der Waals surface area contributed by atoms with Crippen LogP contribution in [0.3, 0.4) is 0 Å². The summed E-state index contributed by atoms with van der Waals surface area (Å²) in [6.45, 7) is 0.824. The number of carbonyl (C=O) groups is 1. The molecule has 1 atom stereocenters. The third-order valence-corrected chi connectivity index (χ3v) is 6.93. The summed E-state index contributed by atoms with van der Waals surface area (Å²) >= 11 is 0. The largest absolute Gasteiger partial charge is 0.496 e. The average molecular weight is 471 g/mol. The first-order valence-electron chi connectivity index (χ1n) is 12.1. The third-order valence-electron chi connectivity index (χ3n) is 6.93. The molecule has 1 aliphatic heterocycles. The van der Waals surface area contributed by atoms with Gasteiger partial charge in [0.05, 0.1) is 24.4 Å². The van der Waals surface area contributed by atoms with Gasteiger partial charge in [0.1, 0.15) is 5.75 Å². The number of benzene rings is 2. The Labute approximate surface area is 205 Å². The number of ether oxygens (including phenoxy) is 1. The van der Waals surface area contributed by atoms with Crippen LogP contribution >= 0.6 is 0 Å². The maximum atomic E-state index is 11.9. The number of carboxylic acids is 1. The molecular formula is C28H30N4O3. The number of rotatable bonds is 8. The molecule has 0 amide bonds. The molecule has 1 fully saturated rings. The second kappa shape index (κ2) is 9.78. The molecule has 0 bridgehead atoms. The standard InChI is InChI=1S/C28H30N4O3/c1-31-18-19(20-10-3-5-13-24(20)31)9-7-12-23-22(27(33)34)17-29-28(30-23)32-16-8-14-25(32)21-11-4-6-15-26(21)35-2/h3-6,10-11,13,15,17-18,25H,7-9,12,14,16H2,1-2H3,(H,33,34)/t25-/m1/s1. The number of nitrogens with zero attached hydrogens (tertiary/aromatic N) is 4. The Bertz CT molecular complexity index is 1360. The molecule has 5 rings (SSSR count). The van der Waals surface area contributed by atoms with E-state index in [1.54, 1.807) is 7.11 Å². The molecule has 2 aromatic carbocycles. The van der Waals surface area contributed by atoms with Gasteiger partial charge in [0, 0.05) is 42.5 Å². The molecule has 1 N–H and O–H groups in total. The number of fused-ring (bicyclic) bond motifs is 1. The van der Waals surface area contributed by atoms with Crippen molar-refractivity contribution in [2.45, 2.75) is 38.1 Å². The summed E-state index contributed by atoms with van der Waals surface area (Å²) in [5, 5.41) is 11.0. The van der Waals surface area contributed by atoms with Crippen LogP contribution in [0.25, 0.3) is 10.9 Å². The number of hydrogen-bond acceptors (Lipinski definition) is 5. The lowest BCUT2D eigenvalue weighted by molar-refractivity contribution is 0.0694. The van der Waals surface area contributed by atoms with Crippen molar-refractivity contribution in [1.82, 2.24) is 14.5 Å². The Morgan fingerprint density at radius 1 is 1.14 bits per heavy atom. The zero-order valence-electron chi connectivity index (χ0n) is 20.1. The minimum absolute atomic E-state index is 0.102. The molecule has 0 saturated carbocycles. The Kier molecular flexibility index (Phi) is 6.40. The van der Waals surface area contributed by atoms with Gasteiger partial charge in [0.2, 0.25) is 5.95 Å². The van der Waals surface area contributed by atoms with E-state index < -0.39 is 5.97 Å². The first-order valence-corrected chi connectivity index (χ1v) is 12.1. The maximum absolute atomic E-state index is 11.9. The number of aromatic carboxylic acids is 1. The predicted octanol–water partition coefficient (Wildman–Crippen LogP) is 5.19. The van der Waals surface area contributed by atoms with E-state index in [1.165, 1.54) is 22.7 Å². The molecule has 0 radical (unpaired) electrons. The van der Waals surface area contributed by atoms with Crippen molar-refractivity contribution in [3.8, 4) is 5.75 Å². The van der Waals surface area contributed by atoms with E-state index in [0.717, 1.165) is 43.5 Å². The van der Waals surface area contributed by atoms with E-state index in [0.29, 0.717) is 18.1 Å². The normalized spacial score (nSPS) is 15.6. The number of methoxy groups -OCH3 is 1. The van der Waals surface area contributed by atoms with Crippen molar-refractivity contribution in [2.75, 3.05) is 18.6 Å². The summed E-state index contributed by atoms with van der Waals surface area (Å²) in [7, 11) is 3.74. The number of hydrogen-bond donors (Lipinski definition) is 1. The fourth-order valence-corrected chi connectivity index (χ4v) is 5.26. The van der Waals surface area contributed by atoms with E-state index in [-0.39, 0.29) is 11.6 Å². The molecule has 3 heterocycles. The van der Waals surface area contributed by atoms with Crippen molar-refractivity contribution < 1.29 is 14.6 Å². The predicted molar refractivity (Wildman–Crippen MR) is 136 cm³/mol. The second-order valence-electron chi connectivity index (χ2n) is 9.06. The number of aromatic nitrogens is 3. The van der Waals surface area contributed by atoms with Gasteiger partial charge >= 0.3 is 5.97 Å². The lowest BCUT2D eigenvalue weighted by atomic mass is 10.0. The Balaban J connectivity index is 1.39. The monoisotopic (exact) mass is 470 g/mol. The Morgan fingerprint density at radius 2 is 1.94 bits per heavy atom. The van der Waals surface area contributed by atoms with Crippen molar-refractivity contribution in [3.63, 3.8) is 0 Å². The van der Waals surface area contributed by atoms with E-state index in [1.807, 2.05) is 24.3 Å². The van der Waals surface area contributed by atoms with Crippen molar-refractivity contribution in [2.24, 2.45) is 7.05 Å². The third kappa shape index (κ3) is 4.46. The quantitative estimate of drug-likeness (QED) is 0.382. The first-order chi connectivity index (χ1) is 17.1. The van der Waals surface area contributed by atoms with Gasteiger partial charge in [-0.25, -0.2) is 14.8 Å². The van der Waals surface area contributed by atoms with Gasteiger partial charge in [0.15, 0.2) is 0 Å². The van der Waals surface area contributed by atoms with Gasteiger partial charge < -0.3 is 19.3 Å². The minimum atomic E-state index is -0.987. The van der Waals surface area contributed by atoms with Crippen LogP contribution < -0.4 is 9.64 Å². The number of aryl methyl sites for hydroxylation is 3. The smallest absolute Gasteiger partial charge is 0.339 e. The maximum Gasteiger partial charge on any atom is 0.339 e. The van der Waals surface area contributed by atoms with Crippen LogP contribution in [0.4, 0.5) is 5.95 Å². The summed E-state index contributed by atoms with van der Waals surface area (Å²) in [5.74, 6) is 0.449. The average Bonchev–Trinajstić information content (AvgIpc) is 3.49. The molecule has 4 aromatic rings. The molecule has 1 saturated heterocycles. The van der Waals surface area contributed by atoms with Crippen LogP contribution in [0.5, 0.6) is 5.75 Å². The van der Waals surface area contributed by atoms with Gasteiger partial charge in [-0.3, -0.25) is 0 Å². The molecule has 1 aliphatic rings. The molecule has 0 aliphatic carbocycles. The van der Waals surface area contributed by atoms with Crippen LogP contribution in [-0.4, -0.2) is 39.3 Å². The van der Waals surface area contributed by atoms with Gasteiger partial charge in [-0.15, -0.1) is 0 Å². The molecule has 2 aromatic heterocycles. The lowest BCUT2D eigenvalue weighted by Gasteiger charge is -2.26. The molecule has 35 heavy (non-hydrogen) atoms. The van der Waals surface area contributed by atoms with Crippen molar-refractivity contribution >= 4 is 22.8 Å². The molecular weight excluding hydrogens is 440 g/mol. The Hall–Kier alpha value is -3.87. The van der Waals surface area contributed by atoms with Crippen molar-refractivity contribution in [3.05, 3.63) is 83.3 Å². The van der Waals surface area contributed by atoms with E-state index in [9.17, 15) is 9.90 Å². The topological polar surface area (TPSA) is 80.5 Å². The zero-order valence-corrected chi connectivity index (χ0v) is 20.1. The van der Waals surface area contributed by atoms with Crippen LogP contribution in [0.15, 0.2) is 60.9 Å². The fourth-order valence-electron chi connectivity index (χ4n) is 5.26. The van der Waals surface area contributed by atoms with Crippen LogP contribution in [0.2, 0.25) is 0 Å². The Morgan fingerprint density at radius 3 is 2.77 bits per heavy atom. The molecule has 180 valence electrons. The summed E-state index contributed by atoms with van der Waals surface area (Å²) in [6.07, 6.45) is 7.86. The number of para-hydroxylation sites is 2. The van der Waals surface area contributed by atoms with E-state index >= 15 is 0 Å². The highest BCUT2D eigenvalue weighted by atomic mass is 16.5. The van der Waals surface area contributed by atoms with Gasteiger partial charge in [-0.1, -0.05) is 36.4 Å². The van der Waals surface area contributed by atoms with E-state index in [4.69, 9.17) is 9.72 Å². The van der Waals surface area contributed by atoms with Crippen LogP contribution in [0.1, 0.15) is 52.5 Å². The van der Waals surface area contributed by atoms with Gasteiger partial charge in [-0.2, -0.15) is 0 Å². The molecule has 0 spiro atoms. The zero-order chi connectivity index (χ0) is 24.4. The molecule has 7 heteroatoms. The van der Waals surface area contributed by atoms with Gasteiger partial charge in [-0.05, 0) is 49.8 Å². The summed E-state index contributed by atoms with van der Waals surface area (Å²) < 4.78 is 7.74. The SMILES string of the molecule is COc1ccccc1[C@H]1CCCN1c1ncc(C(=O)O)c(CCCc2cn(C)c3ccccc23)n1. The summed E-state index contributed by atoms with van der Waals surface area (Å²) in [6, 6.07) is 16.5. The van der Waals surface area contributed by atoms with Gasteiger partial charge in [0.25, 0.3) is 0 Å². The van der Waals surface area contributed by atoms with Crippen molar-refractivity contribution in [1.29, 1.82) is 0 Å². The summed E-state index contributed by atoms with van der Waals surface area (Å²) in [5.41, 5.74) is 4.35.